The number of ether oxygens (including phenoxy) is 1. The minimum absolute atomic E-state index is 0.150. The van der Waals surface area contributed by atoms with E-state index in [1.165, 1.54) is 30.6 Å². The monoisotopic (exact) mass is 330 g/mol. The van der Waals surface area contributed by atoms with Crippen LogP contribution in [0.4, 0.5) is 22.0 Å². The third-order valence-corrected chi connectivity index (χ3v) is 2.85. The normalized spacial score (nSPS) is 10.5. The standard InChI is InChI=1S/C15H14N4O5/c1-2-24-15(21)18-12-4-3-7-16-14(12)17-9-10-8-11(19(22)23)5-6-13(10)20/h3-9,20H,2H2,1H3,(H,18,21). The van der Waals surface area contributed by atoms with E-state index in [0.717, 1.165) is 0 Å². The number of nitro benzene ring substituents is 1. The summed E-state index contributed by atoms with van der Waals surface area (Å²) in [5.41, 5.74) is 0.272. The van der Waals surface area contributed by atoms with Crippen LogP contribution in [0, 0.1) is 10.1 Å². The second kappa shape index (κ2) is 7.68. The van der Waals surface area contributed by atoms with Gasteiger partial charge in [0.2, 0.25) is 0 Å². The maximum Gasteiger partial charge on any atom is 0.411 e. The van der Waals surface area contributed by atoms with Gasteiger partial charge in [-0.3, -0.25) is 15.4 Å². The fourth-order valence-corrected chi connectivity index (χ4v) is 1.76. The van der Waals surface area contributed by atoms with Crippen LogP contribution in [-0.2, 0) is 4.74 Å². The van der Waals surface area contributed by atoms with Gasteiger partial charge in [-0.05, 0) is 25.1 Å². The SMILES string of the molecule is CCOC(=O)Nc1cccnc1N=Cc1cc([N+](=O)[O-])ccc1O. The molecular formula is C15H14N4O5. The number of amides is 1. The number of aromatic nitrogens is 1. The van der Waals surface area contributed by atoms with Crippen molar-refractivity contribution in [2.45, 2.75) is 6.92 Å². The van der Waals surface area contributed by atoms with E-state index in [9.17, 15) is 20.0 Å². The van der Waals surface area contributed by atoms with Crippen LogP contribution in [-0.4, -0.2) is 33.9 Å². The Hall–Kier alpha value is -3.49. The van der Waals surface area contributed by atoms with E-state index in [-0.39, 0.29) is 29.4 Å². The van der Waals surface area contributed by atoms with Gasteiger partial charge in [-0.15, -0.1) is 0 Å². The van der Waals surface area contributed by atoms with Crippen molar-refractivity contribution in [3.63, 3.8) is 0 Å². The van der Waals surface area contributed by atoms with E-state index in [0.29, 0.717) is 5.69 Å². The summed E-state index contributed by atoms with van der Waals surface area (Å²) >= 11 is 0. The lowest BCUT2D eigenvalue weighted by Gasteiger charge is -2.06. The summed E-state index contributed by atoms with van der Waals surface area (Å²) < 4.78 is 4.78. The number of carbonyl (C=O) groups is 1. The first-order chi connectivity index (χ1) is 11.5. The first kappa shape index (κ1) is 16.9. The van der Waals surface area contributed by atoms with Crippen LogP contribution in [0.15, 0.2) is 41.5 Å². The first-order valence-corrected chi connectivity index (χ1v) is 6.91. The van der Waals surface area contributed by atoms with Crippen molar-refractivity contribution in [2.24, 2.45) is 4.99 Å². The summed E-state index contributed by atoms with van der Waals surface area (Å²) in [5, 5.41) is 23.0. The molecule has 1 heterocycles. The van der Waals surface area contributed by atoms with Crippen molar-refractivity contribution >= 4 is 29.5 Å². The van der Waals surface area contributed by atoms with Crippen molar-refractivity contribution in [1.82, 2.24) is 4.98 Å². The third-order valence-electron chi connectivity index (χ3n) is 2.85. The molecule has 1 aromatic heterocycles. The molecule has 0 aliphatic carbocycles. The molecule has 124 valence electrons. The van der Waals surface area contributed by atoms with E-state index in [4.69, 9.17) is 4.74 Å². The Morgan fingerprint density at radius 3 is 3.00 bits per heavy atom. The van der Waals surface area contributed by atoms with Crippen LogP contribution in [0.5, 0.6) is 5.75 Å². The van der Waals surface area contributed by atoms with Crippen LogP contribution in [0.2, 0.25) is 0 Å². The number of nitro groups is 1. The number of pyridine rings is 1. The molecule has 2 rings (SSSR count). The van der Waals surface area contributed by atoms with Gasteiger partial charge in [0.25, 0.3) is 5.69 Å². The molecule has 0 spiro atoms. The summed E-state index contributed by atoms with van der Waals surface area (Å²) in [5.74, 6) is -0.00311. The Kier molecular flexibility index (Phi) is 5.40. The molecule has 0 unspecified atom stereocenters. The van der Waals surface area contributed by atoms with Gasteiger partial charge in [0, 0.05) is 30.1 Å². The van der Waals surface area contributed by atoms with Crippen LogP contribution in [0.3, 0.4) is 0 Å². The molecule has 2 N–H and O–H groups in total. The van der Waals surface area contributed by atoms with Gasteiger partial charge in [0.1, 0.15) is 5.75 Å². The van der Waals surface area contributed by atoms with Gasteiger partial charge in [-0.25, -0.2) is 14.8 Å². The molecule has 0 fully saturated rings. The number of carbonyl (C=O) groups excluding carboxylic acids is 1. The van der Waals surface area contributed by atoms with Crippen molar-refractivity contribution in [3.8, 4) is 5.75 Å². The highest BCUT2D eigenvalue weighted by Gasteiger charge is 2.10. The Morgan fingerprint density at radius 2 is 2.29 bits per heavy atom. The average molecular weight is 330 g/mol. The van der Waals surface area contributed by atoms with Crippen LogP contribution in [0.1, 0.15) is 12.5 Å². The highest BCUT2D eigenvalue weighted by Crippen LogP contribution is 2.24. The summed E-state index contributed by atoms with van der Waals surface area (Å²) in [7, 11) is 0. The molecule has 0 saturated heterocycles. The minimum Gasteiger partial charge on any atom is -0.507 e. The van der Waals surface area contributed by atoms with Crippen molar-refractivity contribution in [3.05, 3.63) is 52.2 Å². The number of anilines is 1. The highest BCUT2D eigenvalue weighted by molar-refractivity contribution is 5.91. The molecule has 0 aliphatic heterocycles. The number of non-ortho nitro benzene ring substituents is 1. The number of rotatable bonds is 5. The van der Waals surface area contributed by atoms with E-state index in [2.05, 4.69) is 15.3 Å². The van der Waals surface area contributed by atoms with Gasteiger partial charge in [-0.1, -0.05) is 0 Å². The molecular weight excluding hydrogens is 316 g/mol. The first-order valence-electron chi connectivity index (χ1n) is 6.91. The molecule has 2 aromatic rings. The summed E-state index contributed by atoms with van der Waals surface area (Å²) in [4.78, 5) is 29.8. The van der Waals surface area contributed by atoms with E-state index < -0.39 is 11.0 Å². The number of aromatic hydroxyl groups is 1. The quantitative estimate of drug-likeness (QED) is 0.493. The number of nitrogens with one attached hydrogen (secondary N) is 1. The number of nitrogens with zero attached hydrogens (tertiary/aromatic N) is 3. The maximum absolute atomic E-state index is 11.5. The molecule has 0 aliphatic rings. The zero-order chi connectivity index (χ0) is 17.5. The molecule has 9 nitrogen and oxygen atoms in total. The molecule has 0 saturated carbocycles. The Morgan fingerprint density at radius 1 is 1.50 bits per heavy atom. The molecule has 0 atom stereocenters. The number of phenolic OH excluding ortho intramolecular Hbond substituents is 1. The minimum atomic E-state index is -0.653. The molecule has 1 aromatic carbocycles. The largest absolute Gasteiger partial charge is 0.507 e. The molecule has 1 amide bonds. The number of hydrogen-bond acceptors (Lipinski definition) is 7. The van der Waals surface area contributed by atoms with Crippen LogP contribution >= 0.6 is 0 Å². The highest BCUT2D eigenvalue weighted by atomic mass is 16.6. The summed E-state index contributed by atoms with van der Waals surface area (Å²) in [6.07, 6.45) is 2.04. The van der Waals surface area contributed by atoms with Gasteiger partial charge >= 0.3 is 6.09 Å². The van der Waals surface area contributed by atoms with E-state index >= 15 is 0 Å². The number of aliphatic imine (C=N–C) groups is 1. The summed E-state index contributed by atoms with van der Waals surface area (Å²) in [6, 6.07) is 6.74. The average Bonchev–Trinajstić information content (AvgIpc) is 2.55. The second-order valence-electron chi connectivity index (χ2n) is 4.48. The predicted molar refractivity (Wildman–Crippen MR) is 86.9 cm³/mol. The number of phenols is 1. The molecule has 0 radical (unpaired) electrons. The van der Waals surface area contributed by atoms with Crippen molar-refractivity contribution < 1.29 is 19.6 Å². The van der Waals surface area contributed by atoms with Crippen LogP contribution in [0.25, 0.3) is 0 Å². The Bertz CT molecular complexity index is 791. The summed E-state index contributed by atoms with van der Waals surface area (Å²) in [6.45, 7) is 1.89. The topological polar surface area (TPSA) is 127 Å². The fourth-order valence-electron chi connectivity index (χ4n) is 1.76. The second-order valence-corrected chi connectivity index (χ2v) is 4.48. The number of hydrogen-bond donors (Lipinski definition) is 2. The van der Waals surface area contributed by atoms with Crippen molar-refractivity contribution in [1.29, 1.82) is 0 Å². The van der Waals surface area contributed by atoms with Gasteiger partial charge in [0.15, 0.2) is 5.82 Å². The molecule has 0 bridgehead atoms. The van der Waals surface area contributed by atoms with E-state index in [1.54, 1.807) is 19.1 Å². The number of benzene rings is 1. The zero-order valence-corrected chi connectivity index (χ0v) is 12.7. The Labute approximate surface area is 136 Å². The van der Waals surface area contributed by atoms with Gasteiger partial charge in [0.05, 0.1) is 17.2 Å². The maximum atomic E-state index is 11.5. The lowest BCUT2D eigenvalue weighted by Crippen LogP contribution is -2.13. The van der Waals surface area contributed by atoms with Crippen LogP contribution < -0.4 is 5.32 Å². The van der Waals surface area contributed by atoms with Crippen molar-refractivity contribution in [2.75, 3.05) is 11.9 Å². The fraction of sp³-hybridized carbons (Fsp3) is 0.133. The lowest BCUT2D eigenvalue weighted by atomic mass is 10.2. The van der Waals surface area contributed by atoms with Gasteiger partial charge < -0.3 is 9.84 Å². The smallest absolute Gasteiger partial charge is 0.411 e. The third kappa shape index (κ3) is 4.26. The zero-order valence-electron chi connectivity index (χ0n) is 12.7. The van der Waals surface area contributed by atoms with E-state index in [1.807, 2.05) is 0 Å². The predicted octanol–water partition coefficient (Wildman–Crippen LogP) is 3.01. The lowest BCUT2D eigenvalue weighted by molar-refractivity contribution is -0.384. The molecule has 9 heteroatoms. The molecule has 24 heavy (non-hydrogen) atoms. The Balaban J connectivity index is 2.28. The van der Waals surface area contributed by atoms with Gasteiger partial charge in [-0.2, -0.15) is 0 Å².